The Morgan fingerprint density at radius 3 is 2.67 bits per heavy atom. The zero-order chi connectivity index (χ0) is 23.4. The third-order valence-electron chi connectivity index (χ3n) is 5.04. The van der Waals surface area contributed by atoms with Gasteiger partial charge < -0.3 is 15.4 Å². The summed E-state index contributed by atoms with van der Waals surface area (Å²) >= 11 is 7.17. The summed E-state index contributed by atoms with van der Waals surface area (Å²) in [5, 5.41) is 6.29. The van der Waals surface area contributed by atoms with Crippen LogP contribution < -0.4 is 15.4 Å². The van der Waals surface area contributed by atoms with Gasteiger partial charge in [0.1, 0.15) is 18.2 Å². The maximum atomic E-state index is 13.9. The average Bonchev–Trinajstić information content (AvgIpc) is 3.13. The van der Waals surface area contributed by atoms with Gasteiger partial charge in [0.05, 0.1) is 12.9 Å². The number of anilines is 1. The molecule has 1 atom stereocenters. The Labute approximate surface area is 218 Å². The Morgan fingerprint density at radius 1 is 1.21 bits per heavy atom. The molecule has 0 radical (unpaired) electrons. The second kappa shape index (κ2) is 10.9. The Bertz CT molecular complexity index is 1180. The van der Waals surface area contributed by atoms with Gasteiger partial charge in [0.25, 0.3) is 5.91 Å². The fourth-order valence-corrected chi connectivity index (χ4v) is 6.02. The van der Waals surface area contributed by atoms with E-state index < -0.39 is 0 Å². The van der Waals surface area contributed by atoms with Crippen molar-refractivity contribution in [3.8, 4) is 5.75 Å². The third kappa shape index (κ3) is 6.10. The summed E-state index contributed by atoms with van der Waals surface area (Å²) in [6.07, 6.45) is 2.85. The SMILES string of the molecule is CCc1ccc(N[C@H]2NC(=O)/C(=C/c3cc(Br)c(OCc4ccccc4F)c(I)c3)S2)cc1. The maximum absolute atomic E-state index is 13.9. The molecule has 3 aromatic rings. The van der Waals surface area contributed by atoms with E-state index in [0.29, 0.717) is 16.2 Å². The standard InChI is InChI=1S/C25H21BrFIN2O2S/c1-2-15-7-9-18(10-8-15)29-25-30-24(31)22(33-25)13-16-11-19(26)23(21(28)12-16)32-14-17-5-3-4-6-20(17)27/h3-13,25,29H,2,14H2,1H3,(H,30,31)/b22-13-/t25-/m0/s1. The number of rotatable bonds is 7. The van der Waals surface area contributed by atoms with E-state index in [-0.39, 0.29) is 23.8 Å². The van der Waals surface area contributed by atoms with Crippen LogP contribution in [0.25, 0.3) is 6.08 Å². The number of carbonyl (C=O) groups excluding carboxylic acids is 1. The molecule has 1 aliphatic rings. The summed E-state index contributed by atoms with van der Waals surface area (Å²) in [6, 6.07) is 18.6. The molecule has 1 fully saturated rings. The van der Waals surface area contributed by atoms with E-state index in [9.17, 15) is 9.18 Å². The minimum atomic E-state index is -0.293. The van der Waals surface area contributed by atoms with Gasteiger partial charge in [-0.1, -0.05) is 49.0 Å². The van der Waals surface area contributed by atoms with Crippen LogP contribution in [0.1, 0.15) is 23.6 Å². The average molecular weight is 639 g/mol. The minimum absolute atomic E-state index is 0.117. The van der Waals surface area contributed by atoms with Crippen LogP contribution in [0.5, 0.6) is 5.75 Å². The zero-order valence-corrected chi connectivity index (χ0v) is 22.3. The molecule has 33 heavy (non-hydrogen) atoms. The molecule has 0 aliphatic carbocycles. The molecule has 0 unspecified atom stereocenters. The molecule has 0 aromatic heterocycles. The van der Waals surface area contributed by atoms with Gasteiger partial charge in [0.15, 0.2) is 5.50 Å². The summed E-state index contributed by atoms with van der Waals surface area (Å²) in [7, 11) is 0. The Hall–Kier alpha value is -2.04. The van der Waals surface area contributed by atoms with Crippen LogP contribution in [0.3, 0.4) is 0 Å². The molecule has 4 rings (SSSR count). The molecule has 1 heterocycles. The van der Waals surface area contributed by atoms with Crippen LogP contribution in [0.2, 0.25) is 0 Å². The van der Waals surface area contributed by atoms with Gasteiger partial charge in [-0.05, 0) is 92.5 Å². The predicted molar refractivity (Wildman–Crippen MR) is 145 cm³/mol. The number of thioether (sulfide) groups is 1. The lowest BCUT2D eigenvalue weighted by molar-refractivity contribution is -0.116. The van der Waals surface area contributed by atoms with E-state index in [1.54, 1.807) is 18.2 Å². The lowest BCUT2D eigenvalue weighted by Crippen LogP contribution is -2.30. The number of hydrogen-bond donors (Lipinski definition) is 2. The van der Waals surface area contributed by atoms with E-state index in [1.807, 2.05) is 30.3 Å². The van der Waals surface area contributed by atoms with Gasteiger partial charge in [-0.15, -0.1) is 0 Å². The minimum Gasteiger partial charge on any atom is -0.486 e. The number of amides is 1. The van der Waals surface area contributed by atoms with Gasteiger partial charge in [0, 0.05) is 11.3 Å². The van der Waals surface area contributed by atoms with Crippen molar-refractivity contribution in [2.45, 2.75) is 25.4 Å². The van der Waals surface area contributed by atoms with Crippen molar-refractivity contribution in [1.82, 2.24) is 5.32 Å². The molecule has 1 amide bonds. The second-order valence-electron chi connectivity index (χ2n) is 7.37. The van der Waals surface area contributed by atoms with Gasteiger partial charge >= 0.3 is 0 Å². The lowest BCUT2D eigenvalue weighted by Gasteiger charge is -2.13. The van der Waals surface area contributed by atoms with Gasteiger partial charge in [-0.25, -0.2) is 4.39 Å². The monoisotopic (exact) mass is 638 g/mol. The van der Waals surface area contributed by atoms with E-state index in [0.717, 1.165) is 25.7 Å². The Balaban J connectivity index is 1.44. The van der Waals surface area contributed by atoms with Crippen LogP contribution in [-0.4, -0.2) is 11.4 Å². The molecular weight excluding hydrogens is 618 g/mol. The van der Waals surface area contributed by atoms with Crippen molar-refractivity contribution >= 4 is 68.0 Å². The first-order valence-corrected chi connectivity index (χ1v) is 13.1. The number of carbonyl (C=O) groups is 1. The van der Waals surface area contributed by atoms with Crippen molar-refractivity contribution in [1.29, 1.82) is 0 Å². The molecular formula is C25H21BrFIN2O2S. The zero-order valence-electron chi connectivity index (χ0n) is 17.7. The van der Waals surface area contributed by atoms with Crippen molar-refractivity contribution in [3.63, 3.8) is 0 Å². The van der Waals surface area contributed by atoms with E-state index in [2.05, 4.69) is 68.2 Å². The number of ether oxygens (including phenoxy) is 1. The Morgan fingerprint density at radius 2 is 1.97 bits per heavy atom. The van der Waals surface area contributed by atoms with Crippen LogP contribution in [0.15, 0.2) is 70.0 Å². The molecule has 1 aliphatic heterocycles. The smallest absolute Gasteiger partial charge is 0.260 e. The van der Waals surface area contributed by atoms with Crippen molar-refractivity contribution in [2.75, 3.05) is 5.32 Å². The number of benzene rings is 3. The van der Waals surface area contributed by atoms with Crippen molar-refractivity contribution < 1.29 is 13.9 Å². The van der Waals surface area contributed by atoms with Crippen LogP contribution in [-0.2, 0) is 17.8 Å². The molecule has 4 nitrogen and oxygen atoms in total. The van der Waals surface area contributed by atoms with Crippen LogP contribution >= 0.6 is 50.3 Å². The molecule has 0 saturated carbocycles. The fraction of sp³-hybridized carbons (Fsp3) is 0.160. The largest absolute Gasteiger partial charge is 0.486 e. The second-order valence-corrected chi connectivity index (χ2v) is 10.5. The lowest BCUT2D eigenvalue weighted by atomic mass is 10.1. The van der Waals surface area contributed by atoms with Gasteiger partial charge in [-0.3, -0.25) is 4.79 Å². The van der Waals surface area contributed by atoms with E-state index >= 15 is 0 Å². The van der Waals surface area contributed by atoms with Crippen LogP contribution in [0.4, 0.5) is 10.1 Å². The highest BCUT2D eigenvalue weighted by atomic mass is 127. The highest BCUT2D eigenvalue weighted by Gasteiger charge is 2.27. The molecule has 3 aromatic carbocycles. The summed E-state index contributed by atoms with van der Waals surface area (Å²) in [5.74, 6) is 0.229. The topological polar surface area (TPSA) is 50.4 Å². The van der Waals surface area contributed by atoms with Gasteiger partial charge in [0.2, 0.25) is 0 Å². The molecule has 0 bridgehead atoms. The molecule has 2 N–H and O–H groups in total. The first-order valence-electron chi connectivity index (χ1n) is 10.3. The number of nitrogens with one attached hydrogen (secondary N) is 2. The van der Waals surface area contributed by atoms with Crippen LogP contribution in [0, 0.1) is 9.39 Å². The summed E-state index contributed by atoms with van der Waals surface area (Å²) < 4.78 is 21.4. The number of aryl methyl sites for hydroxylation is 1. The summed E-state index contributed by atoms with van der Waals surface area (Å²) in [5.41, 5.74) is 3.36. The predicted octanol–water partition coefficient (Wildman–Crippen LogP) is 6.93. The highest BCUT2D eigenvalue weighted by Crippen LogP contribution is 2.35. The third-order valence-corrected chi connectivity index (χ3v) is 7.46. The first-order chi connectivity index (χ1) is 15.9. The molecule has 170 valence electrons. The molecule has 1 saturated heterocycles. The maximum Gasteiger partial charge on any atom is 0.260 e. The quantitative estimate of drug-likeness (QED) is 0.218. The Kier molecular flexibility index (Phi) is 7.98. The molecule has 8 heteroatoms. The summed E-state index contributed by atoms with van der Waals surface area (Å²) in [6.45, 7) is 2.25. The van der Waals surface area contributed by atoms with E-state index in [4.69, 9.17) is 4.74 Å². The molecule has 0 spiro atoms. The van der Waals surface area contributed by atoms with Crippen molar-refractivity contribution in [2.24, 2.45) is 0 Å². The normalized spacial score (nSPS) is 16.7. The number of hydrogen-bond acceptors (Lipinski definition) is 4. The first kappa shape index (κ1) is 24.1. The van der Waals surface area contributed by atoms with Gasteiger partial charge in [-0.2, -0.15) is 0 Å². The summed E-state index contributed by atoms with van der Waals surface area (Å²) in [4.78, 5) is 13.1. The number of halogens is 3. The van der Waals surface area contributed by atoms with Crippen molar-refractivity contribution in [3.05, 3.63) is 96.1 Å². The fourth-order valence-electron chi connectivity index (χ4n) is 3.27. The highest BCUT2D eigenvalue weighted by molar-refractivity contribution is 14.1. The van der Waals surface area contributed by atoms with E-state index in [1.165, 1.54) is 23.4 Å².